The molecule has 1 N–H and O–H groups in total. The summed E-state index contributed by atoms with van der Waals surface area (Å²) in [7, 11) is 0. The summed E-state index contributed by atoms with van der Waals surface area (Å²) in [5.74, 6) is 1.02. The number of amides is 1. The minimum Gasteiger partial charge on any atom is -0.390 e. The first-order valence-corrected chi connectivity index (χ1v) is 8.09. The van der Waals surface area contributed by atoms with Gasteiger partial charge in [0, 0.05) is 19.0 Å². The van der Waals surface area contributed by atoms with Crippen molar-refractivity contribution in [1.29, 1.82) is 0 Å². The topological polar surface area (TPSA) is 40.5 Å². The summed E-state index contributed by atoms with van der Waals surface area (Å²) in [6.07, 6.45) is 4.60. The number of aliphatic hydroxyl groups is 1. The number of rotatable bonds is 3. The van der Waals surface area contributed by atoms with E-state index in [-0.39, 0.29) is 11.8 Å². The van der Waals surface area contributed by atoms with Gasteiger partial charge in [0.25, 0.3) is 0 Å². The van der Waals surface area contributed by atoms with Crippen LogP contribution in [0.25, 0.3) is 0 Å². The number of hydrogen-bond donors (Lipinski definition) is 1. The van der Waals surface area contributed by atoms with Crippen molar-refractivity contribution in [2.45, 2.75) is 44.6 Å². The van der Waals surface area contributed by atoms with Gasteiger partial charge in [0.1, 0.15) is 0 Å². The van der Waals surface area contributed by atoms with Crippen molar-refractivity contribution in [2.24, 2.45) is 11.8 Å². The lowest BCUT2D eigenvalue weighted by Gasteiger charge is -2.43. The van der Waals surface area contributed by atoms with Gasteiger partial charge in [-0.25, -0.2) is 0 Å². The summed E-state index contributed by atoms with van der Waals surface area (Å²) in [4.78, 5) is 14.4. The molecule has 1 saturated heterocycles. The van der Waals surface area contributed by atoms with E-state index in [0.29, 0.717) is 18.8 Å². The van der Waals surface area contributed by atoms with Gasteiger partial charge >= 0.3 is 0 Å². The molecular weight excluding hydrogens is 262 g/mol. The highest BCUT2D eigenvalue weighted by Crippen LogP contribution is 2.39. The Hall–Kier alpha value is -1.35. The fourth-order valence-corrected chi connectivity index (χ4v) is 3.74. The first-order chi connectivity index (χ1) is 10.0. The fraction of sp³-hybridized carbons (Fsp3) is 0.611. The Morgan fingerprint density at radius 3 is 2.43 bits per heavy atom. The normalized spacial score (nSPS) is 30.0. The van der Waals surface area contributed by atoms with Gasteiger partial charge in [-0.15, -0.1) is 0 Å². The highest BCUT2D eigenvalue weighted by Gasteiger charge is 2.44. The molecule has 1 aromatic rings. The fourth-order valence-electron chi connectivity index (χ4n) is 3.74. The summed E-state index contributed by atoms with van der Waals surface area (Å²) in [6, 6.07) is 10.6. The number of hydrogen-bond acceptors (Lipinski definition) is 2. The quantitative estimate of drug-likeness (QED) is 0.928. The van der Waals surface area contributed by atoms with Crippen molar-refractivity contribution >= 4 is 5.91 Å². The number of piperidine rings is 1. The predicted octanol–water partition coefficient (Wildman–Crippen LogP) is 2.63. The maximum absolute atomic E-state index is 12.3. The summed E-state index contributed by atoms with van der Waals surface area (Å²) >= 11 is 0. The van der Waals surface area contributed by atoms with E-state index in [1.807, 2.05) is 11.8 Å². The zero-order valence-corrected chi connectivity index (χ0v) is 12.8. The molecule has 1 heterocycles. The molecule has 3 nitrogen and oxygen atoms in total. The van der Waals surface area contributed by atoms with Gasteiger partial charge in [-0.1, -0.05) is 30.3 Å². The molecule has 0 atom stereocenters. The second-order valence-electron chi connectivity index (χ2n) is 7.06. The number of carbonyl (C=O) groups is 1. The lowest BCUT2D eigenvalue weighted by atomic mass is 9.71. The van der Waals surface area contributed by atoms with Crippen molar-refractivity contribution in [2.75, 3.05) is 13.1 Å². The lowest BCUT2D eigenvalue weighted by molar-refractivity contribution is -0.151. The van der Waals surface area contributed by atoms with Crippen molar-refractivity contribution in [1.82, 2.24) is 4.90 Å². The zero-order valence-electron chi connectivity index (χ0n) is 12.8. The maximum atomic E-state index is 12.3. The second-order valence-corrected chi connectivity index (χ2v) is 7.06. The minimum absolute atomic E-state index is 0.0608. The van der Waals surface area contributed by atoms with Crippen LogP contribution in [-0.2, 0) is 11.2 Å². The molecule has 1 amide bonds. The molecule has 1 aliphatic carbocycles. The van der Waals surface area contributed by atoms with Crippen LogP contribution >= 0.6 is 0 Å². The molecule has 3 rings (SSSR count). The molecule has 0 bridgehead atoms. The number of carbonyl (C=O) groups excluding carboxylic acids is 1. The molecule has 0 spiro atoms. The van der Waals surface area contributed by atoms with Crippen LogP contribution in [0.1, 0.15) is 38.2 Å². The first-order valence-electron chi connectivity index (χ1n) is 8.09. The third-order valence-electron chi connectivity index (χ3n) is 5.01. The van der Waals surface area contributed by atoms with E-state index in [2.05, 4.69) is 30.3 Å². The van der Waals surface area contributed by atoms with Crippen molar-refractivity contribution < 1.29 is 9.90 Å². The standard InChI is InChI=1S/C18H25NO2/c1-18(21)12-16(13-18)17(20)19-9-7-15(8-10-19)11-14-5-3-2-4-6-14/h2-6,15-16,21H,7-13H2,1H3. The molecule has 0 radical (unpaired) electrons. The van der Waals surface area contributed by atoms with E-state index < -0.39 is 5.60 Å². The van der Waals surface area contributed by atoms with Crippen molar-refractivity contribution in [3.63, 3.8) is 0 Å². The highest BCUT2D eigenvalue weighted by molar-refractivity contribution is 5.80. The first kappa shape index (κ1) is 14.6. The van der Waals surface area contributed by atoms with Crippen molar-refractivity contribution in [3.05, 3.63) is 35.9 Å². The van der Waals surface area contributed by atoms with Gasteiger partial charge < -0.3 is 10.0 Å². The van der Waals surface area contributed by atoms with Gasteiger partial charge in [-0.3, -0.25) is 4.79 Å². The molecule has 114 valence electrons. The molecular formula is C18H25NO2. The van der Waals surface area contributed by atoms with Gasteiger partial charge in [-0.2, -0.15) is 0 Å². The van der Waals surface area contributed by atoms with E-state index >= 15 is 0 Å². The molecule has 1 saturated carbocycles. The maximum Gasteiger partial charge on any atom is 0.225 e. The van der Waals surface area contributed by atoms with Crippen LogP contribution in [0.4, 0.5) is 0 Å². The smallest absolute Gasteiger partial charge is 0.225 e. The Morgan fingerprint density at radius 1 is 1.24 bits per heavy atom. The third kappa shape index (κ3) is 3.46. The molecule has 1 aliphatic heterocycles. The van der Waals surface area contributed by atoms with Crippen LogP contribution in [-0.4, -0.2) is 34.6 Å². The molecule has 0 unspecified atom stereocenters. The van der Waals surface area contributed by atoms with Crippen LogP contribution in [0.3, 0.4) is 0 Å². The predicted molar refractivity (Wildman–Crippen MR) is 82.8 cm³/mol. The van der Waals surface area contributed by atoms with E-state index in [0.717, 1.165) is 32.4 Å². The molecule has 2 fully saturated rings. The second kappa shape index (κ2) is 5.80. The van der Waals surface area contributed by atoms with Crippen LogP contribution in [0.2, 0.25) is 0 Å². The van der Waals surface area contributed by atoms with E-state index in [1.165, 1.54) is 5.56 Å². The minimum atomic E-state index is -0.605. The summed E-state index contributed by atoms with van der Waals surface area (Å²) < 4.78 is 0. The number of likely N-dealkylation sites (tertiary alicyclic amines) is 1. The van der Waals surface area contributed by atoms with E-state index in [1.54, 1.807) is 0 Å². The Morgan fingerprint density at radius 2 is 1.86 bits per heavy atom. The molecule has 3 heteroatoms. The molecule has 21 heavy (non-hydrogen) atoms. The monoisotopic (exact) mass is 287 g/mol. The van der Waals surface area contributed by atoms with E-state index in [9.17, 15) is 9.90 Å². The van der Waals surface area contributed by atoms with Crippen LogP contribution in [0.15, 0.2) is 30.3 Å². The molecule has 0 aromatic heterocycles. The molecule has 1 aromatic carbocycles. The van der Waals surface area contributed by atoms with E-state index in [4.69, 9.17) is 0 Å². The Bertz CT molecular complexity index is 481. The summed E-state index contributed by atoms with van der Waals surface area (Å²) in [6.45, 7) is 3.59. The largest absolute Gasteiger partial charge is 0.390 e. The zero-order chi connectivity index (χ0) is 14.9. The van der Waals surface area contributed by atoms with Gasteiger partial charge in [-0.05, 0) is 50.5 Å². The summed E-state index contributed by atoms with van der Waals surface area (Å²) in [5, 5.41) is 9.77. The molecule has 2 aliphatic rings. The van der Waals surface area contributed by atoms with Crippen LogP contribution in [0, 0.1) is 11.8 Å². The number of benzene rings is 1. The van der Waals surface area contributed by atoms with Gasteiger partial charge in [0.05, 0.1) is 5.60 Å². The van der Waals surface area contributed by atoms with Gasteiger partial charge in [0.15, 0.2) is 0 Å². The highest BCUT2D eigenvalue weighted by atomic mass is 16.3. The van der Waals surface area contributed by atoms with Gasteiger partial charge in [0.2, 0.25) is 5.91 Å². The summed E-state index contributed by atoms with van der Waals surface area (Å²) in [5.41, 5.74) is 0.795. The Balaban J connectivity index is 1.46. The third-order valence-corrected chi connectivity index (χ3v) is 5.01. The average molecular weight is 287 g/mol. The van der Waals surface area contributed by atoms with Crippen molar-refractivity contribution in [3.8, 4) is 0 Å². The SMILES string of the molecule is CC1(O)CC(C(=O)N2CCC(Cc3ccccc3)CC2)C1. The van der Waals surface area contributed by atoms with Crippen LogP contribution in [0.5, 0.6) is 0 Å². The average Bonchev–Trinajstić information content (AvgIpc) is 2.46. The Labute approximate surface area is 127 Å². The van der Waals surface area contributed by atoms with Crippen LogP contribution < -0.4 is 0 Å². The Kier molecular flexibility index (Phi) is 4.03. The lowest BCUT2D eigenvalue weighted by Crippen LogP contribution is -2.51. The number of nitrogens with zero attached hydrogens (tertiary/aromatic N) is 1.